The molecule has 6 heteroatoms. The lowest BCUT2D eigenvalue weighted by Gasteiger charge is -2.38. The Morgan fingerprint density at radius 1 is 0.933 bits per heavy atom. The molecule has 0 bridgehead atoms. The number of sulfonamides is 1. The first-order chi connectivity index (χ1) is 14.3. The van der Waals surface area contributed by atoms with Gasteiger partial charge in [0.2, 0.25) is 10.0 Å². The standard InChI is InChI=1S/C24H22ClNO3S/c1-17-11-13-20(14-12-17)30(28,29)26-22(19-8-3-2-4-9-19)24(25)16-15-18-7-5-6-10-21(18)23(24)27/h2-14,22,26H,15-16H2,1H3. The Labute approximate surface area is 182 Å². The van der Waals surface area contributed by atoms with E-state index in [1.54, 1.807) is 48.5 Å². The maximum absolute atomic E-state index is 13.5. The second kappa shape index (κ2) is 7.99. The minimum Gasteiger partial charge on any atom is -0.292 e. The van der Waals surface area contributed by atoms with E-state index < -0.39 is 20.9 Å². The zero-order valence-corrected chi connectivity index (χ0v) is 18.1. The van der Waals surface area contributed by atoms with Gasteiger partial charge in [0.15, 0.2) is 5.78 Å². The van der Waals surface area contributed by atoms with Crippen molar-refractivity contribution in [3.8, 4) is 0 Å². The predicted molar refractivity (Wildman–Crippen MR) is 118 cm³/mol. The van der Waals surface area contributed by atoms with Gasteiger partial charge in [-0.25, -0.2) is 13.1 Å². The fraction of sp³-hybridized carbons (Fsp3) is 0.208. The molecule has 4 nitrogen and oxygen atoms in total. The molecule has 0 saturated carbocycles. The van der Waals surface area contributed by atoms with Crippen molar-refractivity contribution in [2.24, 2.45) is 0 Å². The van der Waals surface area contributed by atoms with Gasteiger partial charge < -0.3 is 0 Å². The minimum absolute atomic E-state index is 0.137. The first kappa shape index (κ1) is 20.8. The number of rotatable bonds is 5. The molecule has 3 aromatic rings. The van der Waals surface area contributed by atoms with E-state index in [1.165, 1.54) is 0 Å². The Morgan fingerprint density at radius 3 is 2.27 bits per heavy atom. The van der Waals surface area contributed by atoms with Gasteiger partial charge in [-0.1, -0.05) is 72.3 Å². The lowest BCUT2D eigenvalue weighted by Crippen LogP contribution is -2.49. The van der Waals surface area contributed by atoms with Gasteiger partial charge in [-0.15, -0.1) is 11.6 Å². The molecule has 0 aliphatic heterocycles. The molecule has 1 aliphatic rings. The normalized spacial score (nSPS) is 19.9. The van der Waals surface area contributed by atoms with E-state index in [2.05, 4.69) is 4.72 Å². The number of hydrogen-bond acceptors (Lipinski definition) is 3. The van der Waals surface area contributed by atoms with Crippen LogP contribution in [-0.4, -0.2) is 19.1 Å². The SMILES string of the molecule is Cc1ccc(S(=O)(=O)NC(c2ccccc2)C2(Cl)CCc3ccccc3C2=O)cc1. The molecule has 0 fully saturated rings. The lowest BCUT2D eigenvalue weighted by molar-refractivity contribution is 0.0901. The highest BCUT2D eigenvalue weighted by molar-refractivity contribution is 7.89. The van der Waals surface area contributed by atoms with E-state index in [1.807, 2.05) is 37.3 Å². The highest BCUT2D eigenvalue weighted by Crippen LogP contribution is 2.43. The van der Waals surface area contributed by atoms with Crippen LogP contribution in [0.5, 0.6) is 0 Å². The van der Waals surface area contributed by atoms with Crippen LogP contribution >= 0.6 is 11.6 Å². The molecule has 0 saturated heterocycles. The number of nitrogens with one attached hydrogen (secondary N) is 1. The Morgan fingerprint density at radius 2 is 1.57 bits per heavy atom. The third-order valence-corrected chi connectivity index (χ3v) is 7.61. The topological polar surface area (TPSA) is 63.2 Å². The van der Waals surface area contributed by atoms with Crippen molar-refractivity contribution in [1.82, 2.24) is 4.72 Å². The van der Waals surface area contributed by atoms with E-state index >= 15 is 0 Å². The zero-order valence-electron chi connectivity index (χ0n) is 16.5. The molecule has 0 amide bonds. The molecular weight excluding hydrogens is 418 g/mol. The molecule has 2 atom stereocenters. The van der Waals surface area contributed by atoms with Gasteiger partial charge in [0.1, 0.15) is 4.87 Å². The molecule has 0 radical (unpaired) electrons. The monoisotopic (exact) mass is 439 g/mol. The number of halogens is 1. The van der Waals surface area contributed by atoms with Gasteiger partial charge in [-0.2, -0.15) is 0 Å². The van der Waals surface area contributed by atoms with Gasteiger partial charge in [0, 0.05) is 5.56 Å². The van der Waals surface area contributed by atoms with Crippen LogP contribution in [0.15, 0.2) is 83.8 Å². The molecule has 30 heavy (non-hydrogen) atoms. The smallest absolute Gasteiger partial charge is 0.241 e. The summed E-state index contributed by atoms with van der Waals surface area (Å²) in [4.78, 5) is 12.2. The Kier molecular flexibility index (Phi) is 5.53. The van der Waals surface area contributed by atoms with Crippen molar-refractivity contribution in [2.75, 3.05) is 0 Å². The molecule has 4 rings (SSSR count). The first-order valence-corrected chi connectivity index (χ1v) is 11.6. The summed E-state index contributed by atoms with van der Waals surface area (Å²) in [6.07, 6.45) is 0.932. The molecule has 0 aromatic heterocycles. The van der Waals surface area contributed by atoms with Crippen LogP contribution in [-0.2, 0) is 16.4 Å². The second-order valence-electron chi connectivity index (χ2n) is 7.63. The van der Waals surface area contributed by atoms with Crippen molar-refractivity contribution in [3.63, 3.8) is 0 Å². The number of carbonyl (C=O) groups excluding carboxylic acids is 1. The summed E-state index contributed by atoms with van der Waals surface area (Å²) < 4.78 is 29.1. The van der Waals surface area contributed by atoms with Crippen molar-refractivity contribution < 1.29 is 13.2 Å². The van der Waals surface area contributed by atoms with E-state index in [-0.39, 0.29) is 10.7 Å². The van der Waals surface area contributed by atoms with Crippen LogP contribution in [0.4, 0.5) is 0 Å². The lowest BCUT2D eigenvalue weighted by atomic mass is 9.76. The summed E-state index contributed by atoms with van der Waals surface area (Å²) in [5.41, 5.74) is 3.10. The molecule has 1 aliphatic carbocycles. The average molecular weight is 440 g/mol. The third-order valence-electron chi connectivity index (χ3n) is 5.59. The molecule has 3 aromatic carbocycles. The summed E-state index contributed by atoms with van der Waals surface area (Å²) in [5, 5.41) is 0. The first-order valence-electron chi connectivity index (χ1n) is 9.77. The van der Waals surface area contributed by atoms with E-state index in [0.717, 1.165) is 11.1 Å². The van der Waals surface area contributed by atoms with Crippen molar-refractivity contribution in [3.05, 3.63) is 101 Å². The van der Waals surface area contributed by atoms with Gasteiger partial charge in [-0.05, 0) is 43.0 Å². The number of alkyl halides is 1. The molecule has 0 heterocycles. The summed E-state index contributed by atoms with van der Waals surface area (Å²) in [5.74, 6) is -0.258. The van der Waals surface area contributed by atoms with Crippen LogP contribution < -0.4 is 4.72 Å². The predicted octanol–water partition coefficient (Wildman–Crippen LogP) is 4.82. The number of carbonyl (C=O) groups is 1. The molecular formula is C24H22ClNO3S. The van der Waals surface area contributed by atoms with Crippen LogP contribution in [0.25, 0.3) is 0 Å². The van der Waals surface area contributed by atoms with Crippen LogP contribution in [0, 0.1) is 6.92 Å². The zero-order chi connectivity index (χ0) is 21.4. The highest BCUT2D eigenvalue weighted by atomic mass is 35.5. The van der Waals surface area contributed by atoms with Crippen LogP contribution in [0.2, 0.25) is 0 Å². The maximum atomic E-state index is 13.5. The fourth-order valence-electron chi connectivity index (χ4n) is 3.90. The van der Waals surface area contributed by atoms with E-state index in [0.29, 0.717) is 24.0 Å². The average Bonchev–Trinajstić information content (AvgIpc) is 2.76. The van der Waals surface area contributed by atoms with E-state index in [4.69, 9.17) is 11.6 Å². The summed E-state index contributed by atoms with van der Waals surface area (Å²) in [6.45, 7) is 1.89. The highest BCUT2D eigenvalue weighted by Gasteiger charge is 2.49. The maximum Gasteiger partial charge on any atom is 0.241 e. The summed E-state index contributed by atoms with van der Waals surface area (Å²) in [6, 6.07) is 22.1. The second-order valence-corrected chi connectivity index (χ2v) is 10.0. The third kappa shape index (κ3) is 3.81. The number of ketones is 1. The number of fused-ring (bicyclic) bond motifs is 1. The molecule has 0 spiro atoms. The largest absolute Gasteiger partial charge is 0.292 e. The van der Waals surface area contributed by atoms with Gasteiger partial charge in [0.25, 0.3) is 0 Å². The molecule has 154 valence electrons. The number of hydrogen-bond donors (Lipinski definition) is 1. The summed E-state index contributed by atoms with van der Waals surface area (Å²) in [7, 11) is -3.90. The quantitative estimate of drug-likeness (QED) is 0.579. The number of benzene rings is 3. The Bertz CT molecular complexity index is 1180. The van der Waals surface area contributed by atoms with Crippen LogP contribution in [0.1, 0.15) is 39.5 Å². The van der Waals surface area contributed by atoms with Crippen LogP contribution in [0.3, 0.4) is 0 Å². The summed E-state index contributed by atoms with van der Waals surface area (Å²) >= 11 is 7.00. The number of Topliss-reactive ketones (excluding diaryl/α,β-unsaturated/α-hetero) is 1. The molecule has 1 N–H and O–H groups in total. The van der Waals surface area contributed by atoms with E-state index in [9.17, 15) is 13.2 Å². The fourth-order valence-corrected chi connectivity index (χ4v) is 5.62. The minimum atomic E-state index is -3.90. The number of aryl methyl sites for hydroxylation is 2. The van der Waals surface area contributed by atoms with Gasteiger partial charge in [-0.3, -0.25) is 4.79 Å². The molecule has 2 unspecified atom stereocenters. The van der Waals surface area contributed by atoms with Gasteiger partial charge >= 0.3 is 0 Å². The van der Waals surface area contributed by atoms with Crippen molar-refractivity contribution >= 4 is 27.4 Å². The Hall–Kier alpha value is -2.47. The Balaban J connectivity index is 1.78. The van der Waals surface area contributed by atoms with Gasteiger partial charge in [0.05, 0.1) is 10.9 Å². The van der Waals surface area contributed by atoms with Crippen molar-refractivity contribution in [1.29, 1.82) is 0 Å². The van der Waals surface area contributed by atoms with Crippen molar-refractivity contribution in [2.45, 2.75) is 35.6 Å².